The average Bonchev–Trinajstić information content (AvgIpc) is 2.96. The van der Waals surface area contributed by atoms with Crippen LogP contribution < -0.4 is 5.56 Å². The molecule has 3 aromatic rings. The van der Waals surface area contributed by atoms with Gasteiger partial charge in [-0.1, -0.05) is 55.5 Å². The molecule has 2 saturated carbocycles. The van der Waals surface area contributed by atoms with Crippen molar-refractivity contribution in [3.63, 3.8) is 0 Å². The summed E-state index contributed by atoms with van der Waals surface area (Å²) in [6.45, 7) is 1.84. The molecular weight excluding hydrogens is 566 g/mol. The molecule has 230 valence electrons. The first-order chi connectivity index (χ1) is 20.6. The van der Waals surface area contributed by atoms with Gasteiger partial charge in [-0.3, -0.25) is 14.2 Å². The van der Waals surface area contributed by atoms with Gasteiger partial charge in [0.15, 0.2) is 0 Å². The molecule has 6 atom stereocenters. The van der Waals surface area contributed by atoms with Gasteiger partial charge in [-0.05, 0) is 88.0 Å². The monoisotopic (exact) mass is 607 g/mol. The fraction of sp³-hybridized carbons (Fsp3) is 0.545. The molecule has 2 aliphatic heterocycles. The molecule has 2 unspecified atom stereocenters. The van der Waals surface area contributed by atoms with Crippen molar-refractivity contribution >= 4 is 27.1 Å². The summed E-state index contributed by atoms with van der Waals surface area (Å²) in [5, 5.41) is 9.62. The number of carbonyl (C=O) groups is 1. The number of aryl methyl sites for hydroxylation is 1. The van der Waals surface area contributed by atoms with Crippen molar-refractivity contribution < 1.29 is 22.9 Å². The zero-order chi connectivity index (χ0) is 30.3. The molecule has 4 fully saturated rings. The van der Waals surface area contributed by atoms with Crippen LogP contribution in [0.1, 0.15) is 92.7 Å². The fourth-order valence-corrected chi connectivity index (χ4v) is 8.98. The zero-order valence-electron chi connectivity index (χ0n) is 24.6. The first kappa shape index (κ1) is 30.0. The number of rotatable bonds is 4. The van der Waals surface area contributed by atoms with Crippen LogP contribution in [0.2, 0.25) is 0 Å². The van der Waals surface area contributed by atoms with Crippen LogP contribution in [0.25, 0.3) is 11.0 Å². The second-order valence-electron chi connectivity index (χ2n) is 13.1. The minimum Gasteiger partial charge on any atom is -0.476 e. The van der Waals surface area contributed by atoms with E-state index in [9.17, 15) is 23.1 Å². The van der Waals surface area contributed by atoms with Crippen LogP contribution in [0.5, 0.6) is 0 Å². The third-order valence-electron chi connectivity index (χ3n) is 10.2. The molecular formula is C33H41N3O6S. The van der Waals surface area contributed by atoms with Gasteiger partial charge in [0, 0.05) is 24.2 Å². The van der Waals surface area contributed by atoms with Crippen molar-refractivity contribution in [3.8, 4) is 0 Å². The van der Waals surface area contributed by atoms with Crippen molar-refractivity contribution in [2.45, 2.75) is 107 Å². The van der Waals surface area contributed by atoms with Gasteiger partial charge < -0.3 is 9.67 Å². The number of hydrogen-bond acceptors (Lipinski definition) is 6. The van der Waals surface area contributed by atoms with Crippen LogP contribution in [0.3, 0.4) is 0 Å². The number of fused-ring (bicyclic) bond motifs is 5. The molecule has 0 radical (unpaired) electrons. The maximum atomic E-state index is 13.3. The van der Waals surface area contributed by atoms with E-state index in [0.29, 0.717) is 23.6 Å². The van der Waals surface area contributed by atoms with Crippen molar-refractivity contribution in [1.82, 2.24) is 14.5 Å². The van der Waals surface area contributed by atoms with Gasteiger partial charge >= 0.3 is 5.97 Å². The quantitative estimate of drug-likeness (QED) is 0.353. The van der Waals surface area contributed by atoms with Crippen molar-refractivity contribution in [1.29, 1.82) is 0 Å². The van der Waals surface area contributed by atoms with E-state index in [1.807, 2.05) is 31.2 Å². The number of carboxylic acids is 1. The summed E-state index contributed by atoms with van der Waals surface area (Å²) in [7, 11) is -4.02. The van der Waals surface area contributed by atoms with Gasteiger partial charge in [0.25, 0.3) is 15.7 Å². The molecule has 4 aliphatic rings. The lowest BCUT2D eigenvalue weighted by Gasteiger charge is -2.55. The normalized spacial score (nSPS) is 29.0. The fourth-order valence-electron chi connectivity index (χ4n) is 8.50. The number of carboxylic acid groups (broad SMARTS) is 1. The van der Waals surface area contributed by atoms with Crippen LogP contribution in [0, 0.1) is 18.8 Å². The summed E-state index contributed by atoms with van der Waals surface area (Å²) in [6.07, 6.45) is 13.9. The van der Waals surface area contributed by atoms with E-state index in [0.717, 1.165) is 35.8 Å². The van der Waals surface area contributed by atoms with E-state index < -0.39 is 21.6 Å². The molecule has 2 aliphatic carbocycles. The zero-order valence-corrected chi connectivity index (χ0v) is 25.5. The van der Waals surface area contributed by atoms with Gasteiger partial charge in [0.05, 0.1) is 15.9 Å². The van der Waals surface area contributed by atoms with Crippen LogP contribution in [-0.4, -0.2) is 56.6 Å². The Bertz CT molecular complexity index is 1630. The molecule has 2 N–H and O–H groups in total. The van der Waals surface area contributed by atoms with Crippen LogP contribution >= 0.6 is 0 Å². The van der Waals surface area contributed by atoms with Crippen LogP contribution in [-0.2, 0) is 10.1 Å². The molecule has 4 bridgehead atoms. The number of benzene rings is 2. The Hall–Kier alpha value is -3.08. The van der Waals surface area contributed by atoms with E-state index in [-0.39, 0.29) is 16.6 Å². The predicted molar refractivity (Wildman–Crippen MR) is 164 cm³/mol. The number of para-hydroxylation sites is 2. The Kier molecular flexibility index (Phi) is 8.45. The van der Waals surface area contributed by atoms with E-state index >= 15 is 0 Å². The largest absolute Gasteiger partial charge is 0.476 e. The number of piperidine rings is 2. The van der Waals surface area contributed by atoms with E-state index in [1.54, 1.807) is 16.7 Å². The molecule has 0 amide bonds. The SMILES string of the molecule is Cc1ccc(S(=O)(=O)O)cc1.O=C(O)c1nc2ccccc2n(C2C[C@H]3CCC[C@@H](C2)N3C2C[C@H]3CCC[C@@H](C2)C3)c1=O. The second-order valence-corrected chi connectivity index (χ2v) is 14.5. The number of aromatic carboxylic acids is 1. The van der Waals surface area contributed by atoms with E-state index in [2.05, 4.69) is 9.88 Å². The van der Waals surface area contributed by atoms with Crippen LogP contribution in [0.4, 0.5) is 0 Å². The van der Waals surface area contributed by atoms with Gasteiger partial charge in [-0.2, -0.15) is 8.42 Å². The molecule has 2 saturated heterocycles. The lowest BCUT2D eigenvalue weighted by molar-refractivity contribution is -0.0486. The first-order valence-corrected chi connectivity index (χ1v) is 17.1. The Morgan fingerprint density at radius 2 is 1.42 bits per heavy atom. The maximum absolute atomic E-state index is 13.3. The summed E-state index contributed by atoms with van der Waals surface area (Å²) in [5.74, 6) is 0.590. The Labute approximate surface area is 252 Å². The highest BCUT2D eigenvalue weighted by Crippen LogP contribution is 2.47. The van der Waals surface area contributed by atoms with Gasteiger partial charge in [-0.25, -0.2) is 9.78 Å². The minimum absolute atomic E-state index is 0.0446. The van der Waals surface area contributed by atoms with Gasteiger partial charge in [0.1, 0.15) is 0 Å². The summed E-state index contributed by atoms with van der Waals surface area (Å²) in [5.41, 5.74) is 1.53. The number of hydrogen-bond donors (Lipinski definition) is 2. The highest BCUT2D eigenvalue weighted by atomic mass is 32.2. The van der Waals surface area contributed by atoms with Crippen molar-refractivity contribution in [3.05, 3.63) is 70.1 Å². The summed E-state index contributed by atoms with van der Waals surface area (Å²) >= 11 is 0. The Morgan fingerprint density at radius 1 is 0.814 bits per heavy atom. The van der Waals surface area contributed by atoms with Crippen molar-refractivity contribution in [2.24, 2.45) is 11.8 Å². The Morgan fingerprint density at radius 3 is 2.02 bits per heavy atom. The van der Waals surface area contributed by atoms with Gasteiger partial charge in [-0.15, -0.1) is 0 Å². The molecule has 3 heterocycles. The average molecular weight is 608 g/mol. The third-order valence-corrected chi connectivity index (χ3v) is 11.1. The van der Waals surface area contributed by atoms with E-state index in [4.69, 9.17) is 4.55 Å². The smallest absolute Gasteiger partial charge is 0.360 e. The standard InChI is InChI=1S/C26H33N3O3.C7H8O3S/c30-25-24(26(31)32)27-22-9-1-2-10-23(22)29(25)21-14-18-7-4-8-19(15-21)28(18)20-12-16-5-3-6-17(11-16)13-20;1-6-2-4-7(5-3-6)11(8,9)10/h1-2,9-10,16-21H,3-8,11-15H2,(H,31,32);2-5H,1H3,(H,8,9,10)/t16-,17+,18-,19+,20?,21?;. The van der Waals surface area contributed by atoms with E-state index in [1.165, 1.54) is 69.9 Å². The molecule has 2 aromatic carbocycles. The maximum Gasteiger partial charge on any atom is 0.360 e. The molecule has 43 heavy (non-hydrogen) atoms. The number of nitrogens with zero attached hydrogens (tertiary/aromatic N) is 3. The molecule has 7 rings (SSSR count). The highest BCUT2D eigenvalue weighted by Gasteiger charge is 2.45. The van der Waals surface area contributed by atoms with Crippen molar-refractivity contribution in [2.75, 3.05) is 0 Å². The second kappa shape index (κ2) is 12.1. The Balaban J connectivity index is 0.000000254. The predicted octanol–water partition coefficient (Wildman–Crippen LogP) is 5.86. The lowest BCUT2D eigenvalue weighted by Crippen LogP contribution is -2.58. The highest BCUT2D eigenvalue weighted by molar-refractivity contribution is 7.85. The lowest BCUT2D eigenvalue weighted by atomic mass is 9.68. The molecule has 9 nitrogen and oxygen atoms in total. The third kappa shape index (κ3) is 6.28. The van der Waals surface area contributed by atoms with Crippen LogP contribution in [0.15, 0.2) is 58.2 Å². The summed E-state index contributed by atoms with van der Waals surface area (Å²) in [4.78, 5) is 32.0. The first-order valence-electron chi connectivity index (χ1n) is 15.6. The minimum atomic E-state index is -4.02. The number of aromatic nitrogens is 2. The summed E-state index contributed by atoms with van der Waals surface area (Å²) in [6, 6.07) is 15.2. The molecule has 1 aromatic heterocycles. The molecule has 10 heteroatoms. The molecule has 0 spiro atoms. The van der Waals surface area contributed by atoms with Gasteiger partial charge in [0.2, 0.25) is 5.69 Å². The summed E-state index contributed by atoms with van der Waals surface area (Å²) < 4.78 is 31.3. The topological polar surface area (TPSA) is 130 Å².